The van der Waals surface area contributed by atoms with Crippen molar-refractivity contribution in [3.8, 4) is 0 Å². The SMILES string of the molecule is CNC(c1cc2cccc(C)c2o1)c1c(F)cccc1Br. The van der Waals surface area contributed by atoms with Gasteiger partial charge in [-0.25, -0.2) is 4.39 Å². The van der Waals surface area contributed by atoms with E-state index < -0.39 is 0 Å². The molecule has 0 saturated heterocycles. The first-order chi connectivity index (χ1) is 10.1. The maximum absolute atomic E-state index is 14.2. The van der Waals surface area contributed by atoms with Crippen molar-refractivity contribution < 1.29 is 8.81 Å². The summed E-state index contributed by atoms with van der Waals surface area (Å²) in [6.07, 6.45) is 0. The molecule has 1 atom stereocenters. The highest BCUT2D eigenvalue weighted by atomic mass is 79.9. The number of fused-ring (bicyclic) bond motifs is 1. The Labute approximate surface area is 131 Å². The van der Waals surface area contributed by atoms with Gasteiger partial charge < -0.3 is 9.73 Å². The van der Waals surface area contributed by atoms with Crippen LogP contribution in [-0.2, 0) is 0 Å². The molecule has 0 aliphatic carbocycles. The monoisotopic (exact) mass is 347 g/mol. The fourth-order valence-corrected chi connectivity index (χ4v) is 3.16. The highest BCUT2D eigenvalue weighted by molar-refractivity contribution is 9.10. The van der Waals surface area contributed by atoms with E-state index in [9.17, 15) is 4.39 Å². The number of hydrogen-bond donors (Lipinski definition) is 1. The standard InChI is InChI=1S/C17H15BrFNO/c1-10-5-3-6-11-9-14(21-17(10)11)16(20-2)15-12(18)7-4-8-13(15)19/h3-9,16,20H,1-2H3. The van der Waals surface area contributed by atoms with Gasteiger partial charge in [0.1, 0.15) is 17.2 Å². The maximum atomic E-state index is 14.2. The molecule has 2 aromatic carbocycles. The fourth-order valence-electron chi connectivity index (χ4n) is 2.59. The number of furan rings is 1. The van der Waals surface area contributed by atoms with Crippen molar-refractivity contribution in [2.75, 3.05) is 7.05 Å². The van der Waals surface area contributed by atoms with Crippen molar-refractivity contribution in [1.29, 1.82) is 0 Å². The summed E-state index contributed by atoms with van der Waals surface area (Å²) < 4.78 is 20.9. The highest BCUT2D eigenvalue weighted by Crippen LogP contribution is 2.34. The van der Waals surface area contributed by atoms with Gasteiger partial charge in [-0.05, 0) is 37.7 Å². The Morgan fingerprint density at radius 3 is 2.62 bits per heavy atom. The third kappa shape index (κ3) is 2.49. The van der Waals surface area contributed by atoms with E-state index in [-0.39, 0.29) is 11.9 Å². The Morgan fingerprint density at radius 2 is 1.95 bits per heavy atom. The summed E-state index contributed by atoms with van der Waals surface area (Å²) in [4.78, 5) is 0. The van der Waals surface area contributed by atoms with E-state index in [1.54, 1.807) is 13.1 Å². The second-order valence-corrected chi connectivity index (χ2v) is 5.85. The Hall–Kier alpha value is -1.65. The lowest BCUT2D eigenvalue weighted by Gasteiger charge is -2.16. The summed E-state index contributed by atoms with van der Waals surface area (Å²) >= 11 is 3.42. The zero-order chi connectivity index (χ0) is 15.0. The van der Waals surface area contributed by atoms with Crippen LogP contribution in [-0.4, -0.2) is 7.05 Å². The Bertz CT molecular complexity index is 776. The Balaban J connectivity index is 2.16. The number of para-hydroxylation sites is 1. The molecule has 2 nitrogen and oxygen atoms in total. The minimum atomic E-state index is -0.340. The van der Waals surface area contributed by atoms with Crippen LogP contribution < -0.4 is 5.32 Å². The number of halogens is 2. The molecule has 0 amide bonds. The van der Waals surface area contributed by atoms with Crippen molar-refractivity contribution in [3.63, 3.8) is 0 Å². The minimum absolute atomic E-state index is 0.263. The lowest BCUT2D eigenvalue weighted by molar-refractivity contribution is 0.474. The van der Waals surface area contributed by atoms with Gasteiger partial charge in [-0.15, -0.1) is 0 Å². The van der Waals surface area contributed by atoms with Gasteiger partial charge in [0.25, 0.3) is 0 Å². The molecule has 0 saturated carbocycles. The molecular weight excluding hydrogens is 333 g/mol. The first-order valence-corrected chi connectivity index (χ1v) is 7.51. The number of hydrogen-bond acceptors (Lipinski definition) is 2. The molecule has 1 heterocycles. The van der Waals surface area contributed by atoms with Crippen LogP contribution in [0.4, 0.5) is 4.39 Å². The van der Waals surface area contributed by atoms with Crippen molar-refractivity contribution in [3.05, 3.63) is 69.6 Å². The minimum Gasteiger partial charge on any atom is -0.459 e. The van der Waals surface area contributed by atoms with Gasteiger partial charge in [0.2, 0.25) is 0 Å². The van der Waals surface area contributed by atoms with Gasteiger partial charge in [0.15, 0.2) is 0 Å². The third-order valence-electron chi connectivity index (χ3n) is 3.62. The van der Waals surface area contributed by atoms with E-state index in [0.717, 1.165) is 21.0 Å². The molecule has 3 aromatic rings. The zero-order valence-electron chi connectivity index (χ0n) is 11.8. The molecule has 0 radical (unpaired) electrons. The largest absolute Gasteiger partial charge is 0.459 e. The molecule has 1 N–H and O–H groups in total. The van der Waals surface area contributed by atoms with Crippen molar-refractivity contribution >= 4 is 26.9 Å². The van der Waals surface area contributed by atoms with Crippen LogP contribution >= 0.6 is 15.9 Å². The summed E-state index contributed by atoms with van der Waals surface area (Å²) in [5.41, 5.74) is 2.47. The van der Waals surface area contributed by atoms with Gasteiger partial charge >= 0.3 is 0 Å². The fraction of sp³-hybridized carbons (Fsp3) is 0.176. The lowest BCUT2D eigenvalue weighted by atomic mass is 10.0. The quantitative estimate of drug-likeness (QED) is 0.724. The highest BCUT2D eigenvalue weighted by Gasteiger charge is 2.22. The maximum Gasteiger partial charge on any atom is 0.137 e. The van der Waals surface area contributed by atoms with Crippen LogP contribution in [0.2, 0.25) is 0 Å². The average Bonchev–Trinajstić information content (AvgIpc) is 2.88. The van der Waals surface area contributed by atoms with Crippen molar-refractivity contribution in [2.24, 2.45) is 0 Å². The first kappa shape index (κ1) is 14.3. The van der Waals surface area contributed by atoms with Crippen molar-refractivity contribution in [2.45, 2.75) is 13.0 Å². The van der Waals surface area contributed by atoms with Gasteiger partial charge in [0.05, 0.1) is 6.04 Å². The molecule has 4 heteroatoms. The predicted octanol–water partition coefficient (Wildman–Crippen LogP) is 4.95. The second-order valence-electron chi connectivity index (χ2n) is 5.00. The van der Waals surface area contributed by atoms with Crippen LogP contribution in [0.25, 0.3) is 11.0 Å². The molecular formula is C17H15BrFNO. The summed E-state index contributed by atoms with van der Waals surface area (Å²) in [5, 5.41) is 4.16. The lowest BCUT2D eigenvalue weighted by Crippen LogP contribution is -2.18. The normalized spacial score (nSPS) is 12.8. The molecule has 108 valence electrons. The summed E-state index contributed by atoms with van der Waals surface area (Å²) in [6.45, 7) is 2.00. The van der Waals surface area contributed by atoms with E-state index in [1.165, 1.54) is 6.07 Å². The first-order valence-electron chi connectivity index (χ1n) is 6.72. The van der Waals surface area contributed by atoms with Gasteiger partial charge in [-0.1, -0.05) is 40.2 Å². The molecule has 1 aromatic heterocycles. The van der Waals surface area contributed by atoms with E-state index in [4.69, 9.17) is 4.42 Å². The summed E-state index contributed by atoms with van der Waals surface area (Å²) in [6, 6.07) is 12.6. The smallest absolute Gasteiger partial charge is 0.137 e. The number of aryl methyl sites for hydroxylation is 1. The molecule has 0 aliphatic heterocycles. The molecule has 1 unspecified atom stereocenters. The summed E-state index contributed by atoms with van der Waals surface area (Å²) in [5.74, 6) is 0.438. The number of benzene rings is 2. The van der Waals surface area contributed by atoms with Gasteiger partial charge in [0, 0.05) is 15.4 Å². The topological polar surface area (TPSA) is 25.2 Å². The summed E-state index contributed by atoms with van der Waals surface area (Å²) in [7, 11) is 1.80. The zero-order valence-corrected chi connectivity index (χ0v) is 13.4. The number of nitrogens with one attached hydrogen (secondary N) is 1. The Morgan fingerprint density at radius 1 is 1.19 bits per heavy atom. The molecule has 21 heavy (non-hydrogen) atoms. The van der Waals surface area contributed by atoms with Crippen LogP contribution in [0.1, 0.15) is 22.9 Å². The molecule has 0 fully saturated rings. The van der Waals surface area contributed by atoms with Crippen LogP contribution in [0.3, 0.4) is 0 Å². The molecule has 0 aliphatic rings. The van der Waals surface area contributed by atoms with Gasteiger partial charge in [-0.2, -0.15) is 0 Å². The predicted molar refractivity (Wildman–Crippen MR) is 86.0 cm³/mol. The molecule has 0 spiro atoms. The van der Waals surface area contributed by atoms with Crippen molar-refractivity contribution in [1.82, 2.24) is 5.32 Å². The third-order valence-corrected chi connectivity index (χ3v) is 4.31. The van der Waals surface area contributed by atoms with Gasteiger partial charge in [-0.3, -0.25) is 0 Å². The van der Waals surface area contributed by atoms with Crippen LogP contribution in [0.5, 0.6) is 0 Å². The Kier molecular flexibility index (Phi) is 3.83. The van der Waals surface area contributed by atoms with E-state index in [0.29, 0.717) is 11.3 Å². The van der Waals surface area contributed by atoms with E-state index in [2.05, 4.69) is 21.2 Å². The number of rotatable bonds is 3. The van der Waals surface area contributed by atoms with Crippen LogP contribution in [0, 0.1) is 12.7 Å². The molecule has 0 bridgehead atoms. The second kappa shape index (κ2) is 5.62. The van der Waals surface area contributed by atoms with E-state index >= 15 is 0 Å². The van der Waals surface area contributed by atoms with E-state index in [1.807, 2.05) is 37.3 Å². The average molecular weight is 348 g/mol. The van der Waals surface area contributed by atoms with Crippen LogP contribution in [0.15, 0.2) is 51.4 Å². The molecule has 3 rings (SSSR count).